The van der Waals surface area contributed by atoms with Crippen molar-refractivity contribution in [3.05, 3.63) is 29.6 Å². The van der Waals surface area contributed by atoms with Gasteiger partial charge in [0.25, 0.3) is 0 Å². The number of rotatable bonds is 7. The SMILES string of the molecule is CCCOc1ccnc(-c2nc3c(c(N(C)CC(=O)N4CCC(F)CC4)n2)CCC3)c1. The van der Waals surface area contributed by atoms with Crippen molar-refractivity contribution in [2.45, 2.75) is 51.6 Å². The monoisotopic (exact) mass is 427 g/mol. The highest BCUT2D eigenvalue weighted by Crippen LogP contribution is 2.31. The van der Waals surface area contributed by atoms with Gasteiger partial charge in [-0.15, -0.1) is 0 Å². The molecule has 0 radical (unpaired) electrons. The van der Waals surface area contributed by atoms with Gasteiger partial charge in [-0.3, -0.25) is 9.78 Å². The summed E-state index contributed by atoms with van der Waals surface area (Å²) in [4.78, 5) is 30.5. The van der Waals surface area contributed by atoms with Crippen LogP contribution in [0.2, 0.25) is 0 Å². The van der Waals surface area contributed by atoms with E-state index in [0.29, 0.717) is 44.1 Å². The molecule has 2 aliphatic rings. The Balaban J connectivity index is 1.56. The third-order valence-electron chi connectivity index (χ3n) is 5.86. The first-order valence-corrected chi connectivity index (χ1v) is 11.2. The molecule has 8 heteroatoms. The predicted molar refractivity (Wildman–Crippen MR) is 117 cm³/mol. The molecule has 0 spiro atoms. The van der Waals surface area contributed by atoms with Gasteiger partial charge < -0.3 is 14.5 Å². The molecular weight excluding hydrogens is 397 g/mol. The smallest absolute Gasteiger partial charge is 0.242 e. The molecule has 0 N–H and O–H groups in total. The van der Waals surface area contributed by atoms with Crippen molar-refractivity contribution in [2.24, 2.45) is 0 Å². The van der Waals surface area contributed by atoms with Gasteiger partial charge in [0.05, 0.1) is 13.2 Å². The number of hydrogen-bond acceptors (Lipinski definition) is 6. The van der Waals surface area contributed by atoms with Crippen molar-refractivity contribution in [3.63, 3.8) is 0 Å². The fraction of sp³-hybridized carbons (Fsp3) is 0.565. The maximum atomic E-state index is 13.4. The largest absolute Gasteiger partial charge is 0.493 e. The van der Waals surface area contributed by atoms with E-state index < -0.39 is 6.17 Å². The van der Waals surface area contributed by atoms with E-state index in [-0.39, 0.29) is 12.5 Å². The number of fused-ring (bicyclic) bond motifs is 1. The number of pyridine rings is 1. The summed E-state index contributed by atoms with van der Waals surface area (Å²) in [6.45, 7) is 3.89. The standard InChI is InChI=1S/C23H30FN5O2/c1-3-13-31-17-7-10-25-20(14-17)22-26-19-6-4-5-18(19)23(27-22)28(2)15-21(30)29-11-8-16(24)9-12-29/h7,10,14,16H,3-6,8-9,11-13,15H2,1-2H3. The number of likely N-dealkylation sites (tertiary alicyclic amines) is 1. The summed E-state index contributed by atoms with van der Waals surface area (Å²) in [5.74, 6) is 2.09. The number of nitrogens with zero attached hydrogens (tertiary/aromatic N) is 5. The second-order valence-corrected chi connectivity index (χ2v) is 8.29. The molecule has 0 unspecified atom stereocenters. The fourth-order valence-electron chi connectivity index (χ4n) is 4.16. The molecule has 1 fully saturated rings. The second kappa shape index (κ2) is 9.58. The molecule has 0 aromatic carbocycles. The number of anilines is 1. The first kappa shape index (κ1) is 21.5. The Kier molecular flexibility index (Phi) is 6.63. The van der Waals surface area contributed by atoms with Crippen LogP contribution in [0.25, 0.3) is 11.5 Å². The lowest BCUT2D eigenvalue weighted by Crippen LogP contribution is -2.44. The zero-order valence-corrected chi connectivity index (χ0v) is 18.3. The van der Waals surface area contributed by atoms with Gasteiger partial charge in [-0.2, -0.15) is 0 Å². The van der Waals surface area contributed by atoms with Gasteiger partial charge in [0.2, 0.25) is 5.91 Å². The van der Waals surface area contributed by atoms with Gasteiger partial charge in [0.1, 0.15) is 23.4 Å². The number of likely N-dealkylation sites (N-methyl/N-ethyl adjacent to an activating group) is 1. The Bertz CT molecular complexity index is 930. The van der Waals surface area contributed by atoms with Crippen molar-refractivity contribution >= 4 is 11.7 Å². The summed E-state index contributed by atoms with van der Waals surface area (Å²) in [5, 5.41) is 0. The van der Waals surface area contributed by atoms with Crippen LogP contribution >= 0.6 is 0 Å². The third-order valence-corrected chi connectivity index (χ3v) is 5.86. The highest BCUT2D eigenvalue weighted by molar-refractivity contribution is 5.81. The molecular formula is C23H30FN5O2. The minimum atomic E-state index is -0.793. The highest BCUT2D eigenvalue weighted by atomic mass is 19.1. The van der Waals surface area contributed by atoms with E-state index in [4.69, 9.17) is 14.7 Å². The maximum absolute atomic E-state index is 13.4. The van der Waals surface area contributed by atoms with Crippen LogP contribution in [0.1, 0.15) is 43.9 Å². The minimum absolute atomic E-state index is 0.00870. The van der Waals surface area contributed by atoms with Crippen LogP contribution in [0, 0.1) is 0 Å². The quantitative estimate of drug-likeness (QED) is 0.676. The van der Waals surface area contributed by atoms with Crippen molar-refractivity contribution in [2.75, 3.05) is 38.2 Å². The molecule has 166 valence electrons. The lowest BCUT2D eigenvalue weighted by molar-refractivity contribution is -0.131. The summed E-state index contributed by atoms with van der Waals surface area (Å²) >= 11 is 0. The van der Waals surface area contributed by atoms with Gasteiger partial charge in [0.15, 0.2) is 5.82 Å². The zero-order chi connectivity index (χ0) is 21.8. The summed E-state index contributed by atoms with van der Waals surface area (Å²) in [6, 6.07) is 3.70. The van der Waals surface area contributed by atoms with Crippen LogP contribution in [0.15, 0.2) is 18.3 Å². The Morgan fingerprint density at radius 2 is 2.10 bits per heavy atom. The van der Waals surface area contributed by atoms with E-state index in [9.17, 15) is 9.18 Å². The molecule has 2 aromatic heterocycles. The number of halogens is 1. The lowest BCUT2D eigenvalue weighted by Gasteiger charge is -2.31. The van der Waals surface area contributed by atoms with Crippen molar-refractivity contribution in [3.8, 4) is 17.3 Å². The van der Waals surface area contributed by atoms with Crippen LogP contribution in [-0.2, 0) is 17.6 Å². The van der Waals surface area contributed by atoms with Gasteiger partial charge in [-0.25, -0.2) is 14.4 Å². The molecule has 1 amide bonds. The molecule has 1 aliphatic heterocycles. The number of ether oxygens (including phenoxy) is 1. The van der Waals surface area contributed by atoms with Gasteiger partial charge in [-0.05, 0) is 44.6 Å². The molecule has 0 saturated carbocycles. The Hall–Kier alpha value is -2.77. The average Bonchev–Trinajstić information content (AvgIpc) is 3.26. The number of carbonyl (C=O) groups excluding carboxylic acids is 1. The van der Waals surface area contributed by atoms with Crippen LogP contribution in [0.5, 0.6) is 5.75 Å². The molecule has 4 rings (SSSR count). The molecule has 3 heterocycles. The number of carbonyl (C=O) groups is 1. The molecule has 0 atom stereocenters. The molecule has 1 aliphatic carbocycles. The number of alkyl halides is 1. The van der Waals surface area contributed by atoms with Gasteiger partial charge in [0, 0.05) is 43.7 Å². The van der Waals surface area contributed by atoms with Gasteiger partial charge in [-0.1, -0.05) is 6.92 Å². The van der Waals surface area contributed by atoms with Crippen LogP contribution in [0.3, 0.4) is 0 Å². The summed E-state index contributed by atoms with van der Waals surface area (Å²) in [5.41, 5.74) is 2.80. The van der Waals surface area contributed by atoms with E-state index >= 15 is 0 Å². The number of amides is 1. The minimum Gasteiger partial charge on any atom is -0.493 e. The Labute approximate surface area is 182 Å². The average molecular weight is 428 g/mol. The fourth-order valence-corrected chi connectivity index (χ4v) is 4.16. The predicted octanol–water partition coefficient (Wildman–Crippen LogP) is 3.21. The zero-order valence-electron chi connectivity index (χ0n) is 18.3. The van der Waals surface area contributed by atoms with Crippen molar-refractivity contribution in [1.29, 1.82) is 0 Å². The summed E-state index contributed by atoms with van der Waals surface area (Å²) in [6.07, 6.45) is 5.52. The first-order valence-electron chi connectivity index (χ1n) is 11.2. The maximum Gasteiger partial charge on any atom is 0.242 e. The van der Waals surface area contributed by atoms with E-state index in [1.54, 1.807) is 11.1 Å². The first-order chi connectivity index (χ1) is 15.0. The number of hydrogen-bond donors (Lipinski definition) is 0. The van der Waals surface area contributed by atoms with E-state index in [2.05, 4.69) is 11.9 Å². The van der Waals surface area contributed by atoms with E-state index in [1.807, 2.05) is 24.1 Å². The highest BCUT2D eigenvalue weighted by Gasteiger charge is 2.26. The number of piperidine rings is 1. The van der Waals surface area contributed by atoms with E-state index in [0.717, 1.165) is 48.5 Å². The number of aromatic nitrogens is 3. The molecule has 7 nitrogen and oxygen atoms in total. The Morgan fingerprint density at radius 3 is 2.87 bits per heavy atom. The Morgan fingerprint density at radius 1 is 1.29 bits per heavy atom. The summed E-state index contributed by atoms with van der Waals surface area (Å²) < 4.78 is 19.2. The van der Waals surface area contributed by atoms with Crippen LogP contribution < -0.4 is 9.64 Å². The second-order valence-electron chi connectivity index (χ2n) is 8.29. The normalized spacial score (nSPS) is 16.3. The van der Waals surface area contributed by atoms with E-state index in [1.165, 1.54) is 0 Å². The van der Waals surface area contributed by atoms with Crippen molar-refractivity contribution < 1.29 is 13.9 Å². The molecule has 0 bridgehead atoms. The molecule has 1 saturated heterocycles. The topological polar surface area (TPSA) is 71.5 Å². The number of aryl methyl sites for hydroxylation is 1. The third kappa shape index (κ3) is 4.94. The van der Waals surface area contributed by atoms with Gasteiger partial charge >= 0.3 is 0 Å². The molecule has 31 heavy (non-hydrogen) atoms. The summed E-state index contributed by atoms with van der Waals surface area (Å²) in [7, 11) is 1.89. The van der Waals surface area contributed by atoms with Crippen LogP contribution in [0.4, 0.5) is 10.2 Å². The van der Waals surface area contributed by atoms with Crippen LogP contribution in [-0.4, -0.2) is 65.2 Å². The molecule has 2 aromatic rings. The lowest BCUT2D eigenvalue weighted by atomic mass is 10.1. The van der Waals surface area contributed by atoms with Crippen molar-refractivity contribution in [1.82, 2.24) is 19.9 Å².